The summed E-state index contributed by atoms with van der Waals surface area (Å²) >= 11 is 0. The fourth-order valence-corrected chi connectivity index (χ4v) is 3.38. The summed E-state index contributed by atoms with van der Waals surface area (Å²) in [5, 5.41) is 4.97. The van der Waals surface area contributed by atoms with E-state index >= 15 is 0 Å². The smallest absolute Gasteiger partial charge is 0.261 e. The molecule has 1 aliphatic heterocycles. The molecule has 0 atom stereocenters. The molecule has 0 saturated heterocycles. The summed E-state index contributed by atoms with van der Waals surface area (Å²) in [6, 6.07) is 22.3. The minimum atomic E-state index is -0.498. The van der Waals surface area contributed by atoms with E-state index < -0.39 is 11.8 Å². The lowest BCUT2D eigenvalue weighted by molar-refractivity contribution is 0.0879. The van der Waals surface area contributed by atoms with Gasteiger partial charge in [-0.2, -0.15) is 0 Å². The lowest BCUT2D eigenvalue weighted by Crippen LogP contribution is -2.20. The van der Waals surface area contributed by atoms with E-state index in [-0.39, 0.29) is 17.0 Å². The summed E-state index contributed by atoms with van der Waals surface area (Å²) in [5.74, 6) is -1.29. The Morgan fingerprint density at radius 1 is 0.867 bits per heavy atom. The number of hydrogen-bond acceptors (Lipinski definition) is 3. The summed E-state index contributed by atoms with van der Waals surface area (Å²) in [7, 11) is 0. The zero-order chi connectivity index (χ0) is 20.9. The van der Waals surface area contributed by atoms with Gasteiger partial charge in [0, 0.05) is 5.56 Å². The molecule has 5 heteroatoms. The van der Waals surface area contributed by atoms with Crippen LogP contribution in [0.15, 0.2) is 78.9 Å². The Hall–Kier alpha value is -3.99. The van der Waals surface area contributed by atoms with Crippen molar-refractivity contribution in [2.45, 2.75) is 12.8 Å². The highest BCUT2D eigenvalue weighted by molar-refractivity contribution is 6.25. The van der Waals surface area contributed by atoms with Gasteiger partial charge < -0.3 is 5.32 Å². The van der Waals surface area contributed by atoms with Gasteiger partial charge >= 0.3 is 0 Å². The number of rotatable bonds is 6. The lowest BCUT2D eigenvalue weighted by atomic mass is 10.1. The van der Waals surface area contributed by atoms with Crippen molar-refractivity contribution in [2.24, 2.45) is 0 Å². The molecule has 3 aromatic carbocycles. The number of amides is 3. The van der Waals surface area contributed by atoms with Crippen LogP contribution in [0.3, 0.4) is 0 Å². The van der Waals surface area contributed by atoms with Crippen LogP contribution < -0.4 is 10.6 Å². The number of fused-ring (bicyclic) bond motifs is 1. The summed E-state index contributed by atoms with van der Waals surface area (Å²) in [6.45, 7) is 0. The molecule has 148 valence electrons. The largest absolute Gasteiger partial charge is 0.321 e. The number of carbonyl (C=O) groups is 3. The molecule has 0 radical (unpaired) electrons. The maximum Gasteiger partial charge on any atom is 0.261 e. The number of hydrogen-bond donors (Lipinski definition) is 2. The van der Waals surface area contributed by atoms with E-state index in [1.54, 1.807) is 30.3 Å². The number of nitrogens with one attached hydrogen (secondary N) is 2. The van der Waals surface area contributed by atoms with Crippen molar-refractivity contribution in [1.29, 1.82) is 0 Å². The molecule has 3 amide bonds. The number of aryl methyl sites for hydroxylation is 1. The molecule has 3 aromatic rings. The van der Waals surface area contributed by atoms with Crippen LogP contribution in [-0.2, 0) is 6.42 Å². The molecule has 0 spiro atoms. The van der Waals surface area contributed by atoms with Gasteiger partial charge in [-0.05, 0) is 48.2 Å². The van der Waals surface area contributed by atoms with Gasteiger partial charge in [0.25, 0.3) is 17.7 Å². The Bertz CT molecular complexity index is 1130. The fourth-order valence-electron chi connectivity index (χ4n) is 3.38. The van der Waals surface area contributed by atoms with Crippen molar-refractivity contribution in [3.05, 3.63) is 107 Å². The maximum atomic E-state index is 12.6. The third-order valence-electron chi connectivity index (χ3n) is 4.94. The SMILES string of the molecule is O=C(Nc1cccc2c1C(=O)NC2=O)c1ccc(/C=C/CCc2ccccc2)cc1. The quantitative estimate of drug-likeness (QED) is 0.604. The summed E-state index contributed by atoms with van der Waals surface area (Å²) in [5.41, 5.74) is 3.58. The molecule has 4 rings (SSSR count). The molecule has 0 bridgehead atoms. The molecule has 0 unspecified atom stereocenters. The first-order valence-corrected chi connectivity index (χ1v) is 9.72. The van der Waals surface area contributed by atoms with Crippen molar-refractivity contribution >= 4 is 29.5 Å². The topological polar surface area (TPSA) is 75.3 Å². The summed E-state index contributed by atoms with van der Waals surface area (Å²) in [6.07, 6.45) is 6.07. The number of anilines is 1. The van der Waals surface area contributed by atoms with Gasteiger partial charge in [-0.15, -0.1) is 0 Å². The number of carbonyl (C=O) groups excluding carboxylic acids is 3. The highest BCUT2D eigenvalue weighted by Gasteiger charge is 2.29. The fraction of sp³-hybridized carbons (Fsp3) is 0.0800. The predicted molar refractivity (Wildman–Crippen MR) is 116 cm³/mol. The normalized spacial score (nSPS) is 12.7. The van der Waals surface area contributed by atoms with Crippen LogP contribution >= 0.6 is 0 Å². The molecule has 2 N–H and O–H groups in total. The zero-order valence-electron chi connectivity index (χ0n) is 16.2. The molecule has 5 nitrogen and oxygen atoms in total. The molecule has 30 heavy (non-hydrogen) atoms. The second-order valence-electron chi connectivity index (χ2n) is 7.01. The van der Waals surface area contributed by atoms with Crippen LogP contribution in [0.1, 0.15) is 48.6 Å². The Balaban J connectivity index is 1.39. The van der Waals surface area contributed by atoms with Crippen molar-refractivity contribution in [3.8, 4) is 0 Å². The van der Waals surface area contributed by atoms with Gasteiger partial charge in [-0.25, -0.2) is 0 Å². The minimum Gasteiger partial charge on any atom is -0.321 e. The second-order valence-corrected chi connectivity index (χ2v) is 7.01. The lowest BCUT2D eigenvalue weighted by Gasteiger charge is -2.08. The third-order valence-corrected chi connectivity index (χ3v) is 4.94. The minimum absolute atomic E-state index is 0.203. The highest BCUT2D eigenvalue weighted by atomic mass is 16.2. The van der Waals surface area contributed by atoms with E-state index in [1.807, 2.05) is 36.4 Å². The van der Waals surface area contributed by atoms with Gasteiger partial charge in [0.2, 0.25) is 0 Å². The number of allylic oxidation sites excluding steroid dienone is 1. The van der Waals surface area contributed by atoms with Crippen LogP contribution in [0, 0.1) is 0 Å². The molecule has 0 saturated carbocycles. The number of imide groups is 1. The van der Waals surface area contributed by atoms with Crippen LogP contribution in [0.2, 0.25) is 0 Å². The van der Waals surface area contributed by atoms with E-state index in [2.05, 4.69) is 28.8 Å². The highest BCUT2D eigenvalue weighted by Crippen LogP contribution is 2.24. The molecule has 0 fully saturated rings. The van der Waals surface area contributed by atoms with Crippen molar-refractivity contribution in [2.75, 3.05) is 5.32 Å². The van der Waals surface area contributed by atoms with Crippen LogP contribution in [-0.4, -0.2) is 17.7 Å². The second kappa shape index (κ2) is 8.57. The predicted octanol–water partition coefficient (Wildman–Crippen LogP) is 4.47. The standard InChI is InChI=1S/C25H20N2O3/c28-23(26-21-12-6-11-20-22(21)25(30)27-24(20)29)19-15-13-18(14-16-19)10-5-4-9-17-7-2-1-3-8-17/h1-3,5-8,10-16H,4,9H2,(H,26,28)(H,27,29,30)/b10-5+. The first kappa shape index (κ1) is 19.3. The zero-order valence-corrected chi connectivity index (χ0v) is 16.2. The van der Waals surface area contributed by atoms with E-state index in [4.69, 9.17) is 0 Å². The molecule has 0 aliphatic carbocycles. The van der Waals surface area contributed by atoms with Crippen molar-refractivity contribution in [3.63, 3.8) is 0 Å². The van der Waals surface area contributed by atoms with E-state index in [1.165, 1.54) is 5.56 Å². The monoisotopic (exact) mass is 396 g/mol. The summed E-state index contributed by atoms with van der Waals surface area (Å²) < 4.78 is 0. The van der Waals surface area contributed by atoms with E-state index in [9.17, 15) is 14.4 Å². The Morgan fingerprint density at radius 3 is 2.40 bits per heavy atom. The molecule has 1 heterocycles. The average Bonchev–Trinajstić information content (AvgIpc) is 3.07. The third kappa shape index (κ3) is 4.20. The van der Waals surface area contributed by atoms with Crippen LogP contribution in [0.4, 0.5) is 5.69 Å². The molecule has 1 aliphatic rings. The first-order valence-electron chi connectivity index (χ1n) is 9.72. The Kier molecular flexibility index (Phi) is 5.52. The molecular weight excluding hydrogens is 376 g/mol. The van der Waals surface area contributed by atoms with Gasteiger partial charge in [-0.1, -0.05) is 60.7 Å². The maximum absolute atomic E-state index is 12.6. The first-order chi connectivity index (χ1) is 14.6. The Labute approximate surface area is 174 Å². The van der Waals surface area contributed by atoms with Gasteiger partial charge in [-0.3, -0.25) is 19.7 Å². The van der Waals surface area contributed by atoms with Crippen LogP contribution in [0.25, 0.3) is 6.08 Å². The van der Waals surface area contributed by atoms with Gasteiger partial charge in [0.05, 0.1) is 16.8 Å². The van der Waals surface area contributed by atoms with Gasteiger partial charge in [0.1, 0.15) is 0 Å². The van der Waals surface area contributed by atoms with Crippen molar-refractivity contribution in [1.82, 2.24) is 5.32 Å². The molecule has 0 aromatic heterocycles. The van der Waals surface area contributed by atoms with Crippen molar-refractivity contribution < 1.29 is 14.4 Å². The average molecular weight is 396 g/mol. The van der Waals surface area contributed by atoms with E-state index in [0.29, 0.717) is 11.3 Å². The van der Waals surface area contributed by atoms with Crippen LogP contribution in [0.5, 0.6) is 0 Å². The summed E-state index contributed by atoms with van der Waals surface area (Å²) in [4.78, 5) is 36.3. The van der Waals surface area contributed by atoms with Gasteiger partial charge in [0.15, 0.2) is 0 Å². The Morgan fingerprint density at radius 2 is 1.63 bits per heavy atom. The molecular formula is C25H20N2O3. The van der Waals surface area contributed by atoms with E-state index in [0.717, 1.165) is 18.4 Å². The number of benzene rings is 3.